The van der Waals surface area contributed by atoms with Gasteiger partial charge in [0.25, 0.3) is 0 Å². The lowest BCUT2D eigenvalue weighted by Crippen LogP contribution is -2.27. The summed E-state index contributed by atoms with van der Waals surface area (Å²) in [5, 5.41) is 1.13. The minimum atomic E-state index is 0.0936. The average molecular weight is 258 g/mol. The van der Waals surface area contributed by atoms with Crippen LogP contribution in [-0.4, -0.2) is 0 Å². The molecule has 2 rings (SSSR count). The molecule has 0 amide bonds. The molecule has 3 nitrogen and oxygen atoms in total. The third-order valence-corrected chi connectivity index (χ3v) is 3.39. The van der Waals surface area contributed by atoms with Crippen molar-refractivity contribution in [3.05, 3.63) is 48.7 Å². The maximum absolute atomic E-state index is 5.84. The monoisotopic (exact) mass is 258 g/mol. The molecule has 1 aromatic heterocycles. The molecule has 2 aromatic rings. The SMILES string of the molecule is C=CCCCCCC(NN)c1cc2ccccc2o1. The van der Waals surface area contributed by atoms with Crippen molar-refractivity contribution >= 4 is 11.0 Å². The van der Waals surface area contributed by atoms with Crippen LogP contribution < -0.4 is 11.3 Å². The Bertz CT molecular complexity index is 485. The highest BCUT2D eigenvalue weighted by atomic mass is 16.3. The zero-order valence-electron chi connectivity index (χ0n) is 11.3. The Morgan fingerprint density at radius 1 is 1.26 bits per heavy atom. The molecule has 1 heterocycles. The highest BCUT2D eigenvalue weighted by Gasteiger charge is 2.14. The summed E-state index contributed by atoms with van der Waals surface area (Å²) in [5.41, 5.74) is 3.78. The zero-order chi connectivity index (χ0) is 13.5. The van der Waals surface area contributed by atoms with Gasteiger partial charge in [-0.05, 0) is 31.4 Å². The van der Waals surface area contributed by atoms with Crippen LogP contribution in [0.4, 0.5) is 0 Å². The summed E-state index contributed by atoms with van der Waals surface area (Å²) in [4.78, 5) is 0. The van der Waals surface area contributed by atoms with Crippen LogP contribution in [0.1, 0.15) is 43.9 Å². The van der Waals surface area contributed by atoms with Gasteiger partial charge in [0.05, 0.1) is 6.04 Å². The van der Waals surface area contributed by atoms with Gasteiger partial charge >= 0.3 is 0 Å². The number of unbranched alkanes of at least 4 members (excludes halogenated alkanes) is 3. The van der Waals surface area contributed by atoms with Gasteiger partial charge in [0.2, 0.25) is 0 Å². The molecule has 19 heavy (non-hydrogen) atoms. The van der Waals surface area contributed by atoms with Crippen LogP contribution in [0.5, 0.6) is 0 Å². The number of rotatable bonds is 8. The van der Waals surface area contributed by atoms with E-state index in [2.05, 4.69) is 24.1 Å². The van der Waals surface area contributed by atoms with Crippen molar-refractivity contribution in [2.45, 2.75) is 38.1 Å². The van der Waals surface area contributed by atoms with Crippen LogP contribution in [-0.2, 0) is 0 Å². The molecule has 0 saturated carbocycles. The van der Waals surface area contributed by atoms with Gasteiger partial charge in [0.1, 0.15) is 11.3 Å². The second-order valence-corrected chi connectivity index (χ2v) is 4.83. The lowest BCUT2D eigenvalue weighted by Gasteiger charge is -2.12. The number of nitrogens with one attached hydrogen (secondary N) is 1. The van der Waals surface area contributed by atoms with Gasteiger partial charge in [-0.2, -0.15) is 0 Å². The van der Waals surface area contributed by atoms with Gasteiger partial charge in [-0.3, -0.25) is 5.84 Å². The molecule has 0 bridgehead atoms. The Morgan fingerprint density at radius 2 is 2.11 bits per heavy atom. The Kier molecular flexibility index (Phi) is 5.19. The van der Waals surface area contributed by atoms with E-state index in [-0.39, 0.29) is 6.04 Å². The number of para-hydroxylation sites is 1. The van der Waals surface area contributed by atoms with E-state index in [4.69, 9.17) is 10.3 Å². The molecule has 0 saturated heterocycles. The predicted octanol–water partition coefficient (Wildman–Crippen LogP) is 4.07. The van der Waals surface area contributed by atoms with E-state index in [0.717, 1.165) is 36.0 Å². The third kappa shape index (κ3) is 3.69. The Hall–Kier alpha value is -1.58. The van der Waals surface area contributed by atoms with E-state index < -0.39 is 0 Å². The summed E-state index contributed by atoms with van der Waals surface area (Å²) >= 11 is 0. The first-order chi connectivity index (χ1) is 9.35. The number of nitrogens with two attached hydrogens (primary N) is 1. The van der Waals surface area contributed by atoms with E-state index in [9.17, 15) is 0 Å². The number of fused-ring (bicyclic) bond motifs is 1. The molecule has 0 aliphatic carbocycles. The van der Waals surface area contributed by atoms with Crippen LogP contribution in [0.3, 0.4) is 0 Å². The lowest BCUT2D eigenvalue weighted by atomic mass is 10.1. The van der Waals surface area contributed by atoms with E-state index in [1.54, 1.807) is 0 Å². The van der Waals surface area contributed by atoms with Crippen molar-refractivity contribution in [1.29, 1.82) is 0 Å². The second kappa shape index (κ2) is 7.12. The normalized spacial score (nSPS) is 12.7. The van der Waals surface area contributed by atoms with Crippen LogP contribution in [0.2, 0.25) is 0 Å². The summed E-state index contributed by atoms with van der Waals surface area (Å²) in [5.74, 6) is 6.56. The van der Waals surface area contributed by atoms with E-state index >= 15 is 0 Å². The fourth-order valence-corrected chi connectivity index (χ4v) is 2.30. The maximum Gasteiger partial charge on any atom is 0.134 e. The summed E-state index contributed by atoms with van der Waals surface area (Å²) in [6.07, 6.45) is 7.59. The topological polar surface area (TPSA) is 51.2 Å². The fourth-order valence-electron chi connectivity index (χ4n) is 2.30. The maximum atomic E-state index is 5.84. The predicted molar refractivity (Wildman–Crippen MR) is 79.6 cm³/mol. The molecule has 1 atom stereocenters. The number of allylic oxidation sites excluding steroid dienone is 1. The summed E-state index contributed by atoms with van der Waals surface area (Å²) in [6.45, 7) is 3.73. The van der Waals surface area contributed by atoms with Gasteiger partial charge in [-0.25, -0.2) is 5.43 Å². The van der Waals surface area contributed by atoms with Crippen LogP contribution in [0.25, 0.3) is 11.0 Å². The van der Waals surface area contributed by atoms with Crippen LogP contribution >= 0.6 is 0 Å². The molecular formula is C16H22N2O. The number of furan rings is 1. The van der Waals surface area contributed by atoms with Gasteiger partial charge in [-0.15, -0.1) is 6.58 Å². The van der Waals surface area contributed by atoms with Crippen LogP contribution in [0.15, 0.2) is 47.4 Å². The van der Waals surface area contributed by atoms with Gasteiger partial charge in [0, 0.05) is 5.39 Å². The summed E-state index contributed by atoms with van der Waals surface area (Å²) < 4.78 is 5.84. The smallest absolute Gasteiger partial charge is 0.134 e. The Labute approximate surface area is 114 Å². The molecule has 3 heteroatoms. The second-order valence-electron chi connectivity index (χ2n) is 4.83. The van der Waals surface area contributed by atoms with Crippen molar-refractivity contribution in [2.75, 3.05) is 0 Å². The first kappa shape index (κ1) is 13.8. The highest BCUT2D eigenvalue weighted by molar-refractivity contribution is 5.77. The van der Waals surface area contributed by atoms with Gasteiger partial charge < -0.3 is 4.42 Å². The van der Waals surface area contributed by atoms with E-state index in [0.29, 0.717) is 0 Å². The van der Waals surface area contributed by atoms with Gasteiger partial charge in [-0.1, -0.05) is 37.1 Å². The first-order valence-electron chi connectivity index (χ1n) is 6.90. The Morgan fingerprint density at radius 3 is 2.84 bits per heavy atom. The molecule has 1 unspecified atom stereocenters. The largest absolute Gasteiger partial charge is 0.459 e. The van der Waals surface area contributed by atoms with Crippen molar-refractivity contribution in [3.8, 4) is 0 Å². The molecule has 0 radical (unpaired) electrons. The zero-order valence-corrected chi connectivity index (χ0v) is 11.3. The molecule has 0 fully saturated rings. The minimum absolute atomic E-state index is 0.0936. The Balaban J connectivity index is 1.94. The molecular weight excluding hydrogens is 236 g/mol. The van der Waals surface area contributed by atoms with Crippen molar-refractivity contribution in [1.82, 2.24) is 5.43 Å². The summed E-state index contributed by atoms with van der Waals surface area (Å²) in [6, 6.07) is 10.2. The van der Waals surface area contributed by atoms with Crippen molar-refractivity contribution in [2.24, 2.45) is 5.84 Å². The molecule has 1 aromatic carbocycles. The molecule has 0 aliphatic heterocycles. The molecule has 102 valence electrons. The van der Waals surface area contributed by atoms with Crippen LogP contribution in [0, 0.1) is 0 Å². The third-order valence-electron chi connectivity index (χ3n) is 3.39. The quantitative estimate of drug-likeness (QED) is 0.325. The molecule has 0 aliphatic rings. The number of hydrogen-bond acceptors (Lipinski definition) is 3. The fraction of sp³-hybridized carbons (Fsp3) is 0.375. The van der Waals surface area contributed by atoms with E-state index in [1.807, 2.05) is 24.3 Å². The van der Waals surface area contributed by atoms with E-state index in [1.165, 1.54) is 12.8 Å². The van der Waals surface area contributed by atoms with Crippen molar-refractivity contribution < 1.29 is 4.42 Å². The molecule has 3 N–H and O–H groups in total. The number of benzene rings is 1. The average Bonchev–Trinajstić information content (AvgIpc) is 2.86. The van der Waals surface area contributed by atoms with Crippen molar-refractivity contribution in [3.63, 3.8) is 0 Å². The number of hydrogen-bond donors (Lipinski definition) is 2. The summed E-state index contributed by atoms with van der Waals surface area (Å²) in [7, 11) is 0. The first-order valence-corrected chi connectivity index (χ1v) is 6.90. The lowest BCUT2D eigenvalue weighted by molar-refractivity contribution is 0.403. The minimum Gasteiger partial charge on any atom is -0.459 e. The highest BCUT2D eigenvalue weighted by Crippen LogP contribution is 2.26. The number of hydrazine groups is 1. The molecule has 0 spiro atoms. The van der Waals surface area contributed by atoms with Gasteiger partial charge in [0.15, 0.2) is 0 Å². The standard InChI is InChI=1S/C16H22N2O/c1-2-3-4-5-6-10-14(18-17)16-12-13-9-7-8-11-15(13)19-16/h2,7-9,11-12,14,18H,1,3-6,10,17H2.